The number of nitrogens with two attached hydrogens (primary N) is 2. The van der Waals surface area contributed by atoms with Gasteiger partial charge in [-0.25, -0.2) is 18.5 Å². The lowest BCUT2D eigenvalue weighted by Gasteiger charge is -2.42. The van der Waals surface area contributed by atoms with E-state index in [1.807, 2.05) is 6.92 Å². The number of hydrogen-bond donors (Lipinski definition) is 3. The van der Waals surface area contributed by atoms with E-state index in [2.05, 4.69) is 10.3 Å². The van der Waals surface area contributed by atoms with Crippen LogP contribution >= 0.6 is 0 Å². The quantitative estimate of drug-likeness (QED) is 0.680. The van der Waals surface area contributed by atoms with Crippen LogP contribution in [0, 0.1) is 0 Å². The van der Waals surface area contributed by atoms with E-state index >= 15 is 0 Å². The number of sulfonamides is 1. The number of rotatable bonds is 5. The first-order valence-corrected chi connectivity index (χ1v) is 7.59. The third-order valence-corrected chi connectivity index (χ3v) is 4.03. The molecule has 19 heavy (non-hydrogen) atoms. The molecule has 8 heteroatoms. The third-order valence-electron chi connectivity index (χ3n) is 3.13. The minimum absolute atomic E-state index is 0.00668. The smallest absolute Gasteiger partial charge is 0.239 e. The standard InChI is InChI=1S/C11H18N4O3S/c1-2-18-9-5-8(12)11(9)15-10-4-3-7(6-14-10)19(13,16)17/h3-4,6,8-9,11H,2,5,12H2,1H3,(H,14,15)(H2,13,16,17). The minimum Gasteiger partial charge on any atom is -0.376 e. The van der Waals surface area contributed by atoms with Gasteiger partial charge in [0.1, 0.15) is 10.7 Å². The van der Waals surface area contributed by atoms with Gasteiger partial charge in [-0.05, 0) is 25.5 Å². The summed E-state index contributed by atoms with van der Waals surface area (Å²) in [6, 6.07) is 2.97. The summed E-state index contributed by atoms with van der Waals surface area (Å²) < 4.78 is 27.7. The molecule has 1 aliphatic carbocycles. The van der Waals surface area contributed by atoms with Gasteiger partial charge in [-0.15, -0.1) is 0 Å². The molecule has 0 amide bonds. The highest BCUT2D eigenvalue weighted by Gasteiger charge is 2.39. The summed E-state index contributed by atoms with van der Waals surface area (Å²) in [7, 11) is -3.71. The summed E-state index contributed by atoms with van der Waals surface area (Å²) in [6.45, 7) is 2.56. The van der Waals surface area contributed by atoms with Crippen LogP contribution in [0.3, 0.4) is 0 Å². The second kappa shape index (κ2) is 5.41. The molecule has 0 spiro atoms. The van der Waals surface area contributed by atoms with E-state index in [-0.39, 0.29) is 23.1 Å². The lowest BCUT2D eigenvalue weighted by Crippen LogP contribution is -2.60. The summed E-state index contributed by atoms with van der Waals surface area (Å²) in [6.07, 6.45) is 2.10. The molecule has 5 N–H and O–H groups in total. The predicted molar refractivity (Wildman–Crippen MR) is 71.0 cm³/mol. The summed E-state index contributed by atoms with van der Waals surface area (Å²) >= 11 is 0. The third kappa shape index (κ3) is 3.21. The van der Waals surface area contributed by atoms with E-state index < -0.39 is 10.0 Å². The maximum atomic E-state index is 11.1. The fourth-order valence-corrected chi connectivity index (χ4v) is 2.49. The molecule has 1 fully saturated rings. The molecule has 1 heterocycles. The molecular weight excluding hydrogens is 268 g/mol. The van der Waals surface area contributed by atoms with Gasteiger partial charge in [-0.1, -0.05) is 0 Å². The molecule has 1 saturated carbocycles. The van der Waals surface area contributed by atoms with Crippen LogP contribution in [0.2, 0.25) is 0 Å². The maximum Gasteiger partial charge on any atom is 0.239 e. The number of pyridine rings is 1. The van der Waals surface area contributed by atoms with Gasteiger partial charge in [-0.3, -0.25) is 0 Å². The summed E-state index contributed by atoms with van der Waals surface area (Å²) in [5.74, 6) is 0.553. The first-order valence-electron chi connectivity index (χ1n) is 6.04. The molecule has 0 radical (unpaired) electrons. The highest BCUT2D eigenvalue weighted by molar-refractivity contribution is 7.89. The normalized spacial score (nSPS) is 26.8. The first-order chi connectivity index (χ1) is 8.91. The monoisotopic (exact) mass is 286 g/mol. The predicted octanol–water partition coefficient (Wildman–Crippen LogP) is -0.354. The van der Waals surface area contributed by atoms with Crippen molar-refractivity contribution in [2.75, 3.05) is 11.9 Å². The zero-order valence-corrected chi connectivity index (χ0v) is 11.4. The lowest BCUT2D eigenvalue weighted by molar-refractivity contribution is -0.0127. The molecule has 1 aliphatic rings. The average Bonchev–Trinajstić information content (AvgIpc) is 2.35. The van der Waals surface area contributed by atoms with Gasteiger partial charge in [0.15, 0.2) is 0 Å². The van der Waals surface area contributed by atoms with E-state index in [1.165, 1.54) is 12.3 Å². The molecule has 3 atom stereocenters. The van der Waals surface area contributed by atoms with Crippen molar-refractivity contribution in [1.82, 2.24) is 4.98 Å². The van der Waals surface area contributed by atoms with Crippen molar-refractivity contribution in [2.24, 2.45) is 10.9 Å². The molecule has 1 aromatic rings. The summed E-state index contributed by atoms with van der Waals surface area (Å²) in [5.41, 5.74) is 5.90. The number of ether oxygens (including phenoxy) is 1. The van der Waals surface area contributed by atoms with Gasteiger partial charge in [-0.2, -0.15) is 0 Å². The van der Waals surface area contributed by atoms with Gasteiger partial charge in [0.05, 0.1) is 12.1 Å². The van der Waals surface area contributed by atoms with Gasteiger partial charge >= 0.3 is 0 Å². The Morgan fingerprint density at radius 1 is 1.53 bits per heavy atom. The fourth-order valence-electron chi connectivity index (χ4n) is 2.03. The van der Waals surface area contributed by atoms with Crippen molar-refractivity contribution in [1.29, 1.82) is 0 Å². The molecule has 0 aliphatic heterocycles. The van der Waals surface area contributed by atoms with Crippen LogP contribution in [0.25, 0.3) is 0 Å². The van der Waals surface area contributed by atoms with Crippen LogP contribution in [0.4, 0.5) is 5.82 Å². The van der Waals surface area contributed by atoms with Crippen LogP contribution in [-0.2, 0) is 14.8 Å². The molecular formula is C11H18N4O3S. The van der Waals surface area contributed by atoms with Gasteiger partial charge in [0, 0.05) is 18.8 Å². The number of hydrogen-bond acceptors (Lipinski definition) is 6. The summed E-state index contributed by atoms with van der Waals surface area (Å²) in [4.78, 5) is 4.00. The molecule has 3 unspecified atom stereocenters. The van der Waals surface area contributed by atoms with Gasteiger partial charge in [0.25, 0.3) is 0 Å². The molecule has 2 rings (SSSR count). The Bertz CT molecular complexity index is 529. The van der Waals surface area contributed by atoms with Crippen LogP contribution in [0.5, 0.6) is 0 Å². The second-order valence-corrected chi connectivity index (χ2v) is 6.05. The molecule has 106 valence electrons. The van der Waals surface area contributed by atoms with Crippen molar-refractivity contribution in [2.45, 2.75) is 36.4 Å². The van der Waals surface area contributed by atoms with Crippen molar-refractivity contribution < 1.29 is 13.2 Å². The molecule has 0 saturated heterocycles. The second-order valence-electron chi connectivity index (χ2n) is 4.49. The van der Waals surface area contributed by atoms with Crippen molar-refractivity contribution in [3.63, 3.8) is 0 Å². The number of primary sulfonamides is 1. The molecule has 1 aromatic heterocycles. The van der Waals surface area contributed by atoms with Crippen molar-refractivity contribution in [3.05, 3.63) is 18.3 Å². The highest BCUT2D eigenvalue weighted by atomic mass is 32.2. The zero-order chi connectivity index (χ0) is 14.0. The Labute approximate surface area is 112 Å². The Hall–Kier alpha value is -1.22. The largest absolute Gasteiger partial charge is 0.376 e. The topological polar surface area (TPSA) is 120 Å². The average molecular weight is 286 g/mol. The minimum atomic E-state index is -3.71. The molecule has 7 nitrogen and oxygen atoms in total. The van der Waals surface area contributed by atoms with Crippen LogP contribution in [0.1, 0.15) is 13.3 Å². The van der Waals surface area contributed by atoms with E-state index in [4.69, 9.17) is 15.6 Å². The number of aromatic nitrogens is 1. The van der Waals surface area contributed by atoms with Crippen molar-refractivity contribution in [3.8, 4) is 0 Å². The zero-order valence-electron chi connectivity index (χ0n) is 10.6. The van der Waals surface area contributed by atoms with E-state index in [0.29, 0.717) is 12.4 Å². The highest BCUT2D eigenvalue weighted by Crippen LogP contribution is 2.25. The molecule has 0 bridgehead atoms. The fraction of sp³-hybridized carbons (Fsp3) is 0.545. The van der Waals surface area contributed by atoms with Crippen LogP contribution in [-0.4, -0.2) is 38.2 Å². The van der Waals surface area contributed by atoms with Gasteiger partial charge in [0.2, 0.25) is 10.0 Å². The Morgan fingerprint density at radius 2 is 2.26 bits per heavy atom. The number of nitrogens with zero attached hydrogens (tertiary/aromatic N) is 1. The van der Waals surface area contributed by atoms with E-state index in [9.17, 15) is 8.42 Å². The Balaban J connectivity index is 2.03. The van der Waals surface area contributed by atoms with E-state index in [0.717, 1.165) is 6.42 Å². The Morgan fingerprint density at radius 3 is 2.74 bits per heavy atom. The number of nitrogens with one attached hydrogen (secondary N) is 1. The lowest BCUT2D eigenvalue weighted by atomic mass is 9.83. The SMILES string of the molecule is CCOC1CC(N)C1Nc1ccc(S(N)(=O)=O)cn1. The maximum absolute atomic E-state index is 11.1. The van der Waals surface area contributed by atoms with Crippen molar-refractivity contribution >= 4 is 15.8 Å². The van der Waals surface area contributed by atoms with E-state index in [1.54, 1.807) is 6.07 Å². The van der Waals surface area contributed by atoms with Crippen LogP contribution in [0.15, 0.2) is 23.2 Å². The first kappa shape index (κ1) is 14.2. The molecule has 0 aromatic carbocycles. The van der Waals surface area contributed by atoms with Crippen LogP contribution < -0.4 is 16.2 Å². The summed E-state index contributed by atoms with van der Waals surface area (Å²) in [5, 5.41) is 8.15. The Kier molecular flexibility index (Phi) is 4.04. The number of anilines is 1. The van der Waals surface area contributed by atoms with Gasteiger partial charge < -0.3 is 15.8 Å².